The molecule has 0 nitrogen and oxygen atoms in total. The first-order chi connectivity index (χ1) is 1.41. The zero-order valence-corrected chi connectivity index (χ0v) is 5.96. The average molecular weight is 300 g/mol. The van der Waals surface area contributed by atoms with Crippen molar-refractivity contribution in [1.82, 2.24) is 0 Å². The third-order valence-corrected chi connectivity index (χ3v) is 0. The second-order valence-corrected chi connectivity index (χ2v) is 1.57. The molecule has 0 unspecified atom stereocenters. The summed E-state index contributed by atoms with van der Waals surface area (Å²) in [6.45, 7) is 0. The molecule has 0 aromatic rings. The summed E-state index contributed by atoms with van der Waals surface area (Å²) in [7, 11) is 10.1. The smallest absolute Gasteiger partial charge is 0.0261 e. The molecule has 0 aliphatic carbocycles. The molecule has 0 atom stereocenters. The third kappa shape index (κ3) is 9.38. The molecule has 0 aromatic carbocycles. The Kier molecular flexibility index (Phi) is 20.3. The van der Waals surface area contributed by atoms with Crippen molar-refractivity contribution in [2.75, 3.05) is 0 Å². The Balaban J connectivity index is 0. The van der Waals surface area contributed by atoms with Gasteiger partial charge in [-0.1, -0.05) is 0 Å². The van der Waals surface area contributed by atoms with Crippen LogP contribution < -0.4 is 0 Å². The van der Waals surface area contributed by atoms with E-state index in [1.807, 2.05) is 0 Å². The SMILES string of the molecule is ClSCl.[Au]. The molecule has 31 valence electrons. The van der Waals surface area contributed by atoms with E-state index < -0.39 is 0 Å². The molecule has 0 aliphatic rings. The van der Waals surface area contributed by atoms with Crippen LogP contribution in [-0.4, -0.2) is 0 Å². The van der Waals surface area contributed by atoms with Crippen molar-refractivity contribution in [2.24, 2.45) is 0 Å². The minimum atomic E-state index is 0. The summed E-state index contributed by atoms with van der Waals surface area (Å²) in [4.78, 5) is 0. The standard InChI is InChI=1S/Au.Cl2S/c;1-3-2. The fourth-order valence-electron chi connectivity index (χ4n) is 0. The second-order valence-electron chi connectivity index (χ2n) is 0.0583. The molecule has 0 amide bonds. The number of hydrogen-bond donors (Lipinski definition) is 0. The molecule has 0 aliphatic heterocycles. The van der Waals surface area contributed by atoms with Crippen LogP contribution in [-0.2, 0) is 22.4 Å². The van der Waals surface area contributed by atoms with Crippen LogP contribution in [0.15, 0.2) is 0 Å². The molecular formula is AuCl2S. The minimum absolute atomic E-state index is 0. The summed E-state index contributed by atoms with van der Waals surface area (Å²) in [6.07, 6.45) is 0. The Morgan fingerprint density at radius 1 is 1.25 bits per heavy atom. The summed E-state index contributed by atoms with van der Waals surface area (Å²) < 4.78 is 0. The second kappa shape index (κ2) is 8.82. The zero-order valence-electron chi connectivity index (χ0n) is 1.47. The molecule has 0 bridgehead atoms. The molecule has 0 aromatic heterocycles. The van der Waals surface area contributed by atoms with E-state index >= 15 is 0 Å². The van der Waals surface area contributed by atoms with Gasteiger partial charge >= 0.3 is 0 Å². The van der Waals surface area contributed by atoms with Gasteiger partial charge in [-0.05, 0) is 21.4 Å². The van der Waals surface area contributed by atoms with Crippen molar-refractivity contribution in [2.45, 2.75) is 0 Å². The van der Waals surface area contributed by atoms with Gasteiger partial charge in [0.1, 0.15) is 0 Å². The Morgan fingerprint density at radius 2 is 1.25 bits per heavy atom. The van der Waals surface area contributed by atoms with E-state index in [1.54, 1.807) is 0 Å². The molecule has 0 saturated heterocycles. The van der Waals surface area contributed by atoms with Crippen molar-refractivity contribution in [3.05, 3.63) is 0 Å². The van der Waals surface area contributed by atoms with Crippen LogP contribution in [0.5, 0.6) is 0 Å². The number of rotatable bonds is 0. The maximum atomic E-state index is 4.68. The van der Waals surface area contributed by atoms with Gasteiger partial charge in [-0.15, -0.1) is 0 Å². The Bertz CT molecular complexity index is 6.00. The van der Waals surface area contributed by atoms with Gasteiger partial charge < -0.3 is 0 Å². The molecule has 0 saturated carbocycles. The first-order valence-electron chi connectivity index (χ1n) is 0.309. The van der Waals surface area contributed by atoms with Gasteiger partial charge in [-0.25, -0.2) is 0 Å². The largest absolute Gasteiger partial charge is 0.0523 e. The summed E-state index contributed by atoms with van der Waals surface area (Å²) in [5.41, 5.74) is 0. The van der Waals surface area contributed by atoms with E-state index in [-0.39, 0.29) is 22.4 Å². The van der Waals surface area contributed by atoms with Gasteiger partial charge in [0.05, 0.1) is 10.2 Å². The average Bonchev–Trinajstić information content (AvgIpc) is 0.918. The van der Waals surface area contributed by atoms with Crippen molar-refractivity contribution in [1.29, 1.82) is 0 Å². The van der Waals surface area contributed by atoms with Gasteiger partial charge in [-0.2, -0.15) is 0 Å². The van der Waals surface area contributed by atoms with Gasteiger partial charge in [0.25, 0.3) is 0 Å². The van der Waals surface area contributed by atoms with Crippen LogP contribution in [0.1, 0.15) is 0 Å². The summed E-state index contributed by atoms with van der Waals surface area (Å²) >= 11 is 0. The van der Waals surface area contributed by atoms with E-state index in [1.165, 1.54) is 0 Å². The molecule has 4 heteroatoms. The normalized spacial score (nSPS) is 4.50. The summed E-state index contributed by atoms with van der Waals surface area (Å²) in [5.74, 6) is 0. The van der Waals surface area contributed by atoms with Gasteiger partial charge in [0.15, 0.2) is 0 Å². The molecule has 0 fully saturated rings. The van der Waals surface area contributed by atoms with Crippen molar-refractivity contribution in [3.8, 4) is 0 Å². The third-order valence-electron chi connectivity index (χ3n) is 0. The van der Waals surface area contributed by atoms with Gasteiger partial charge in [0, 0.05) is 22.4 Å². The molecule has 4 heavy (non-hydrogen) atoms. The zero-order chi connectivity index (χ0) is 2.71. The van der Waals surface area contributed by atoms with Crippen LogP contribution >= 0.6 is 31.6 Å². The maximum Gasteiger partial charge on any atom is 0.0523 e. The Labute approximate surface area is 53.7 Å². The first kappa shape index (κ1) is 9.18. The molecule has 0 spiro atoms. The van der Waals surface area contributed by atoms with Gasteiger partial charge in [-0.3, -0.25) is 0 Å². The van der Waals surface area contributed by atoms with Gasteiger partial charge in [0.2, 0.25) is 0 Å². The monoisotopic (exact) mass is 299 g/mol. The molecule has 1 radical (unpaired) electrons. The van der Waals surface area contributed by atoms with E-state index in [0.29, 0.717) is 10.2 Å². The molecule has 0 N–H and O–H groups in total. The Morgan fingerprint density at radius 3 is 1.25 bits per heavy atom. The van der Waals surface area contributed by atoms with E-state index in [2.05, 4.69) is 21.4 Å². The molecular weight excluding hydrogens is 300 g/mol. The van der Waals surface area contributed by atoms with Crippen LogP contribution in [0.2, 0.25) is 0 Å². The van der Waals surface area contributed by atoms with Crippen LogP contribution in [0.25, 0.3) is 0 Å². The predicted molar refractivity (Wildman–Crippen MR) is 19.3 cm³/mol. The quantitative estimate of drug-likeness (QED) is 0.617. The maximum absolute atomic E-state index is 4.68. The molecule has 0 rings (SSSR count). The van der Waals surface area contributed by atoms with Crippen LogP contribution in [0.3, 0.4) is 0 Å². The van der Waals surface area contributed by atoms with E-state index in [9.17, 15) is 0 Å². The summed E-state index contributed by atoms with van der Waals surface area (Å²) in [5, 5.41) is 0. The Hall–Kier alpha value is 1.67. The van der Waals surface area contributed by atoms with E-state index in [4.69, 9.17) is 0 Å². The number of hydrogen-bond acceptors (Lipinski definition) is 1. The van der Waals surface area contributed by atoms with E-state index in [0.717, 1.165) is 0 Å². The minimum Gasteiger partial charge on any atom is -0.0261 e. The van der Waals surface area contributed by atoms with Crippen molar-refractivity contribution < 1.29 is 22.4 Å². The van der Waals surface area contributed by atoms with Crippen LogP contribution in [0.4, 0.5) is 0 Å². The fraction of sp³-hybridized carbons (Fsp3) is 0. The fourth-order valence-corrected chi connectivity index (χ4v) is 0. The van der Waals surface area contributed by atoms with Crippen molar-refractivity contribution in [3.63, 3.8) is 0 Å². The molecule has 0 heterocycles. The number of halogens is 2. The van der Waals surface area contributed by atoms with Crippen LogP contribution in [0, 0.1) is 0 Å². The predicted octanol–water partition coefficient (Wildman–Crippen LogP) is 2.02. The topological polar surface area (TPSA) is 0 Å². The first-order valence-corrected chi connectivity index (χ1v) is 2.78. The van der Waals surface area contributed by atoms with Crippen molar-refractivity contribution >= 4 is 31.6 Å². The summed E-state index contributed by atoms with van der Waals surface area (Å²) in [6, 6.07) is 0.